The minimum absolute atomic E-state index is 0.0738. The van der Waals surface area contributed by atoms with Crippen LogP contribution in [0, 0.1) is 0 Å². The molecule has 1 aliphatic heterocycles. The van der Waals surface area contributed by atoms with Crippen molar-refractivity contribution in [1.82, 2.24) is 15.2 Å². The van der Waals surface area contributed by atoms with Crippen molar-refractivity contribution in [2.45, 2.75) is 32.0 Å². The van der Waals surface area contributed by atoms with Gasteiger partial charge in [-0.25, -0.2) is 0 Å². The van der Waals surface area contributed by atoms with Crippen molar-refractivity contribution in [1.29, 1.82) is 0 Å². The molecule has 2 N–H and O–H groups in total. The summed E-state index contributed by atoms with van der Waals surface area (Å²) in [7, 11) is 0. The largest absolute Gasteiger partial charge is 0.494 e. The SMILES string of the molecule is CCOc1ccc2cc(C(=O)NC(CN3CCCC3=O)c3cccc(C(F)(F)F)c3)[nH]c2c1. The number of fused-ring (bicyclic) bond motifs is 1. The number of aromatic amines is 1. The molecule has 3 aromatic rings. The second-order valence-electron chi connectivity index (χ2n) is 7.96. The molecule has 0 radical (unpaired) electrons. The first-order chi connectivity index (χ1) is 15.7. The minimum atomic E-state index is -4.51. The normalized spacial score (nSPS) is 15.2. The van der Waals surface area contributed by atoms with E-state index >= 15 is 0 Å². The second-order valence-corrected chi connectivity index (χ2v) is 7.96. The number of benzene rings is 2. The van der Waals surface area contributed by atoms with Crippen molar-refractivity contribution in [3.8, 4) is 5.75 Å². The highest BCUT2D eigenvalue weighted by Crippen LogP contribution is 2.31. The number of carbonyl (C=O) groups excluding carboxylic acids is 2. The maximum Gasteiger partial charge on any atom is 0.416 e. The Balaban J connectivity index is 1.61. The number of rotatable bonds is 7. The zero-order valence-electron chi connectivity index (χ0n) is 18.0. The second kappa shape index (κ2) is 9.17. The lowest BCUT2D eigenvalue weighted by Gasteiger charge is -2.25. The van der Waals surface area contributed by atoms with E-state index in [1.54, 1.807) is 23.1 Å². The van der Waals surface area contributed by atoms with Crippen LogP contribution in [0.15, 0.2) is 48.5 Å². The summed E-state index contributed by atoms with van der Waals surface area (Å²) in [6, 6.07) is 11.1. The number of aromatic nitrogens is 1. The van der Waals surface area contributed by atoms with E-state index in [1.807, 2.05) is 13.0 Å². The number of carbonyl (C=O) groups is 2. The summed E-state index contributed by atoms with van der Waals surface area (Å²) >= 11 is 0. The minimum Gasteiger partial charge on any atom is -0.494 e. The summed E-state index contributed by atoms with van der Waals surface area (Å²) < 4.78 is 45.3. The van der Waals surface area contributed by atoms with Gasteiger partial charge in [0.05, 0.1) is 18.2 Å². The fourth-order valence-electron chi connectivity index (χ4n) is 4.00. The average molecular weight is 459 g/mol. The average Bonchev–Trinajstić information content (AvgIpc) is 3.38. The zero-order chi connectivity index (χ0) is 23.6. The maximum absolute atomic E-state index is 13.3. The summed E-state index contributed by atoms with van der Waals surface area (Å²) in [5.74, 6) is 0.113. The van der Waals surface area contributed by atoms with E-state index in [0.29, 0.717) is 37.3 Å². The molecule has 0 spiro atoms. The molecule has 0 saturated carbocycles. The van der Waals surface area contributed by atoms with Crippen LogP contribution in [-0.4, -0.2) is 41.4 Å². The van der Waals surface area contributed by atoms with Crippen LogP contribution in [0.2, 0.25) is 0 Å². The lowest BCUT2D eigenvalue weighted by atomic mass is 10.0. The maximum atomic E-state index is 13.3. The predicted molar refractivity (Wildman–Crippen MR) is 117 cm³/mol. The lowest BCUT2D eigenvalue weighted by molar-refractivity contribution is -0.137. The first-order valence-corrected chi connectivity index (χ1v) is 10.8. The van der Waals surface area contributed by atoms with Crippen LogP contribution in [0.3, 0.4) is 0 Å². The molecule has 1 saturated heterocycles. The molecule has 0 bridgehead atoms. The molecule has 9 heteroatoms. The third-order valence-electron chi connectivity index (χ3n) is 5.65. The van der Waals surface area contributed by atoms with Crippen molar-refractivity contribution in [2.24, 2.45) is 0 Å². The lowest BCUT2D eigenvalue weighted by Crippen LogP contribution is -2.38. The van der Waals surface area contributed by atoms with Gasteiger partial charge in [-0.1, -0.05) is 12.1 Å². The molecule has 1 atom stereocenters. The molecule has 0 aliphatic carbocycles. The van der Waals surface area contributed by atoms with Gasteiger partial charge in [0, 0.05) is 36.5 Å². The molecule has 1 fully saturated rings. The van der Waals surface area contributed by atoms with Crippen LogP contribution in [0.25, 0.3) is 10.9 Å². The number of alkyl halides is 3. The highest BCUT2D eigenvalue weighted by atomic mass is 19.4. The Bertz CT molecular complexity index is 1170. The Morgan fingerprint density at radius 1 is 1.21 bits per heavy atom. The highest BCUT2D eigenvalue weighted by Gasteiger charge is 2.32. The molecule has 2 amide bonds. The van der Waals surface area contributed by atoms with Crippen LogP contribution < -0.4 is 10.1 Å². The summed E-state index contributed by atoms with van der Waals surface area (Å²) in [6.07, 6.45) is -3.43. The highest BCUT2D eigenvalue weighted by molar-refractivity contribution is 5.98. The van der Waals surface area contributed by atoms with Crippen LogP contribution in [0.1, 0.15) is 47.4 Å². The summed E-state index contributed by atoms with van der Waals surface area (Å²) in [5.41, 5.74) is 0.452. The van der Waals surface area contributed by atoms with Crippen molar-refractivity contribution >= 4 is 22.7 Å². The quantitative estimate of drug-likeness (QED) is 0.539. The van der Waals surface area contributed by atoms with Gasteiger partial charge < -0.3 is 19.9 Å². The first-order valence-electron chi connectivity index (χ1n) is 10.8. The van der Waals surface area contributed by atoms with Crippen molar-refractivity contribution in [3.05, 3.63) is 65.4 Å². The Morgan fingerprint density at radius 3 is 2.73 bits per heavy atom. The van der Waals surface area contributed by atoms with Crippen molar-refractivity contribution < 1.29 is 27.5 Å². The van der Waals surface area contributed by atoms with E-state index in [2.05, 4.69) is 10.3 Å². The molecule has 1 aliphatic rings. The van der Waals surface area contributed by atoms with E-state index in [9.17, 15) is 22.8 Å². The summed E-state index contributed by atoms with van der Waals surface area (Å²) in [5, 5.41) is 3.61. The van der Waals surface area contributed by atoms with Gasteiger partial charge >= 0.3 is 6.18 Å². The molecule has 33 heavy (non-hydrogen) atoms. The number of halogens is 3. The van der Waals surface area contributed by atoms with Crippen LogP contribution in [0.4, 0.5) is 13.2 Å². The molecule has 174 valence electrons. The molecule has 6 nitrogen and oxygen atoms in total. The van der Waals surface area contributed by atoms with Gasteiger partial charge in [-0.3, -0.25) is 9.59 Å². The number of ether oxygens (including phenoxy) is 1. The molecular formula is C24H24F3N3O3. The predicted octanol–water partition coefficient (Wildman–Crippen LogP) is 4.68. The van der Waals surface area contributed by atoms with E-state index in [-0.39, 0.29) is 23.7 Å². The Kier molecular flexibility index (Phi) is 6.31. The van der Waals surface area contributed by atoms with Crippen molar-refractivity contribution in [3.63, 3.8) is 0 Å². The molecular weight excluding hydrogens is 435 g/mol. The fraction of sp³-hybridized carbons (Fsp3) is 0.333. The molecule has 1 aromatic heterocycles. The van der Waals surface area contributed by atoms with Crippen LogP contribution >= 0.6 is 0 Å². The van der Waals surface area contributed by atoms with Gasteiger partial charge in [-0.2, -0.15) is 13.2 Å². The number of hydrogen-bond acceptors (Lipinski definition) is 3. The number of likely N-dealkylation sites (tertiary alicyclic amines) is 1. The Labute approximate surface area is 188 Å². The van der Waals surface area contributed by atoms with Crippen molar-refractivity contribution in [2.75, 3.05) is 19.7 Å². The van der Waals surface area contributed by atoms with E-state index < -0.39 is 23.7 Å². The molecule has 2 aromatic carbocycles. The molecule has 4 rings (SSSR count). The van der Waals surface area contributed by atoms with Gasteiger partial charge in [-0.05, 0) is 49.2 Å². The van der Waals surface area contributed by atoms with Gasteiger partial charge in [0.25, 0.3) is 5.91 Å². The number of amides is 2. The fourth-order valence-corrected chi connectivity index (χ4v) is 4.00. The number of H-pyrrole nitrogens is 1. The monoisotopic (exact) mass is 459 g/mol. The molecule has 1 unspecified atom stereocenters. The topological polar surface area (TPSA) is 74.4 Å². The Morgan fingerprint density at radius 2 is 2.03 bits per heavy atom. The smallest absolute Gasteiger partial charge is 0.416 e. The van der Waals surface area contributed by atoms with Gasteiger partial charge in [0.2, 0.25) is 5.91 Å². The van der Waals surface area contributed by atoms with Gasteiger partial charge in [-0.15, -0.1) is 0 Å². The summed E-state index contributed by atoms with van der Waals surface area (Å²) in [6.45, 7) is 2.99. The van der Waals surface area contributed by atoms with Gasteiger partial charge in [0.15, 0.2) is 0 Å². The van der Waals surface area contributed by atoms with Gasteiger partial charge in [0.1, 0.15) is 11.4 Å². The first kappa shape index (κ1) is 22.7. The van der Waals surface area contributed by atoms with E-state index in [1.165, 1.54) is 12.1 Å². The Hall–Kier alpha value is -3.49. The standard InChI is InChI=1S/C24H24F3N3O3/c1-2-33-18-9-8-16-12-20(28-19(16)13-18)23(32)29-21(14-30-10-4-7-22(30)31)15-5-3-6-17(11-15)24(25,26)27/h3,5-6,8-9,11-13,21,28H,2,4,7,10,14H2,1H3,(H,29,32). The van der Waals surface area contributed by atoms with Crippen LogP contribution in [-0.2, 0) is 11.0 Å². The zero-order valence-corrected chi connectivity index (χ0v) is 18.0. The van der Waals surface area contributed by atoms with E-state index in [0.717, 1.165) is 17.5 Å². The third-order valence-corrected chi connectivity index (χ3v) is 5.65. The number of nitrogens with one attached hydrogen (secondary N) is 2. The number of hydrogen-bond donors (Lipinski definition) is 2. The van der Waals surface area contributed by atoms with E-state index in [4.69, 9.17) is 4.74 Å². The summed E-state index contributed by atoms with van der Waals surface area (Å²) in [4.78, 5) is 29.8. The third kappa shape index (κ3) is 5.13. The van der Waals surface area contributed by atoms with Crippen LogP contribution in [0.5, 0.6) is 5.75 Å². The molecule has 2 heterocycles. The number of nitrogens with zero attached hydrogens (tertiary/aromatic N) is 1.